The molecule has 3 nitrogen and oxygen atoms in total. The fraction of sp³-hybridized carbons (Fsp3) is 0.636. The highest BCUT2D eigenvalue weighted by atomic mass is 28.5. The number of hydrogen-bond donors (Lipinski definition) is 1. The van der Waals surface area contributed by atoms with Gasteiger partial charge in [-0.3, -0.25) is 0 Å². The Morgan fingerprint density at radius 3 is 2.29 bits per heavy atom. The molecule has 0 spiro atoms. The minimum Gasteiger partial charge on any atom is -0.416 e. The van der Waals surface area contributed by atoms with Crippen molar-refractivity contribution in [3.63, 3.8) is 0 Å². The first-order chi connectivity index (χ1) is 7.73. The SMILES string of the molecule is C[SiH](C)O[Si](O)(O[Si](C)(C)C)C1=CCCC=C1. The van der Waals surface area contributed by atoms with E-state index in [0.29, 0.717) is 0 Å². The summed E-state index contributed by atoms with van der Waals surface area (Å²) < 4.78 is 11.9. The second-order valence-corrected chi connectivity index (χ2v) is 15.4. The maximum absolute atomic E-state index is 10.8. The molecule has 0 aromatic heterocycles. The van der Waals surface area contributed by atoms with E-state index in [0.717, 1.165) is 18.0 Å². The lowest BCUT2D eigenvalue weighted by atomic mass is 10.2. The topological polar surface area (TPSA) is 38.7 Å². The van der Waals surface area contributed by atoms with Crippen molar-refractivity contribution in [3.05, 3.63) is 23.4 Å². The molecule has 0 radical (unpaired) electrons. The van der Waals surface area contributed by atoms with Crippen molar-refractivity contribution < 1.29 is 13.0 Å². The van der Waals surface area contributed by atoms with Crippen LogP contribution in [0.3, 0.4) is 0 Å². The highest BCUT2D eigenvalue weighted by Crippen LogP contribution is 2.25. The Morgan fingerprint density at radius 2 is 1.88 bits per heavy atom. The van der Waals surface area contributed by atoms with Gasteiger partial charge in [-0.2, -0.15) is 0 Å². The molecule has 0 aromatic carbocycles. The molecule has 98 valence electrons. The quantitative estimate of drug-likeness (QED) is 0.790. The summed E-state index contributed by atoms with van der Waals surface area (Å²) in [7, 11) is -6.28. The molecule has 0 fully saturated rings. The van der Waals surface area contributed by atoms with Gasteiger partial charge in [-0.05, 0) is 45.6 Å². The summed E-state index contributed by atoms with van der Waals surface area (Å²) in [6, 6.07) is 0. The third kappa shape index (κ3) is 5.02. The number of hydrogen-bond acceptors (Lipinski definition) is 3. The summed E-state index contributed by atoms with van der Waals surface area (Å²) in [6.45, 7) is 10.4. The Balaban J connectivity index is 2.92. The molecule has 1 aliphatic rings. The van der Waals surface area contributed by atoms with E-state index in [9.17, 15) is 4.80 Å². The molecule has 1 unspecified atom stereocenters. The minimum atomic E-state index is -3.15. The molecule has 0 heterocycles. The molecule has 1 rings (SSSR count). The molecule has 0 aromatic rings. The predicted molar refractivity (Wildman–Crippen MR) is 78.8 cm³/mol. The van der Waals surface area contributed by atoms with Gasteiger partial charge in [-0.25, -0.2) is 0 Å². The Labute approximate surface area is 108 Å². The van der Waals surface area contributed by atoms with Crippen molar-refractivity contribution in [1.29, 1.82) is 0 Å². The zero-order valence-corrected chi connectivity index (χ0v) is 14.6. The molecule has 0 aliphatic heterocycles. The van der Waals surface area contributed by atoms with Crippen LogP contribution in [0.15, 0.2) is 23.4 Å². The second kappa shape index (κ2) is 5.77. The van der Waals surface area contributed by atoms with Crippen LogP contribution in [0.4, 0.5) is 0 Å². The smallest absolute Gasteiger partial charge is 0.416 e. The lowest BCUT2D eigenvalue weighted by molar-refractivity contribution is 0.264. The third-order valence-electron chi connectivity index (χ3n) is 2.20. The van der Waals surface area contributed by atoms with Crippen LogP contribution in [0.5, 0.6) is 0 Å². The average Bonchev–Trinajstić information content (AvgIpc) is 2.14. The van der Waals surface area contributed by atoms with Crippen molar-refractivity contribution in [3.8, 4) is 0 Å². The Morgan fingerprint density at radius 1 is 1.24 bits per heavy atom. The monoisotopic (exact) mass is 288 g/mol. The van der Waals surface area contributed by atoms with E-state index in [4.69, 9.17) is 8.23 Å². The first kappa shape index (κ1) is 15.1. The van der Waals surface area contributed by atoms with Crippen LogP contribution in [0, 0.1) is 0 Å². The Bertz CT molecular complexity index is 320. The van der Waals surface area contributed by atoms with E-state index in [1.54, 1.807) is 0 Å². The maximum Gasteiger partial charge on any atom is 0.512 e. The van der Waals surface area contributed by atoms with Crippen LogP contribution in [0.1, 0.15) is 12.8 Å². The van der Waals surface area contributed by atoms with Gasteiger partial charge >= 0.3 is 8.80 Å². The van der Waals surface area contributed by atoms with E-state index in [-0.39, 0.29) is 0 Å². The van der Waals surface area contributed by atoms with Crippen LogP contribution < -0.4 is 0 Å². The summed E-state index contributed by atoms with van der Waals surface area (Å²) in [5.74, 6) is 0. The molecule has 0 bridgehead atoms. The zero-order chi connectivity index (χ0) is 13.1. The fourth-order valence-corrected chi connectivity index (χ4v) is 9.98. The normalized spacial score (nSPS) is 20.3. The van der Waals surface area contributed by atoms with Gasteiger partial charge in [0.25, 0.3) is 0 Å². The van der Waals surface area contributed by atoms with Crippen LogP contribution in [-0.4, -0.2) is 31.0 Å². The van der Waals surface area contributed by atoms with Crippen LogP contribution in [-0.2, 0) is 8.23 Å². The lowest BCUT2D eigenvalue weighted by Crippen LogP contribution is -2.53. The molecule has 17 heavy (non-hydrogen) atoms. The molecule has 0 saturated heterocycles. The molecule has 1 aliphatic carbocycles. The molecule has 1 atom stereocenters. The largest absolute Gasteiger partial charge is 0.512 e. The second-order valence-electron chi connectivity index (χ2n) is 5.60. The van der Waals surface area contributed by atoms with E-state index < -0.39 is 26.2 Å². The Kier molecular flexibility index (Phi) is 5.11. The van der Waals surface area contributed by atoms with Crippen LogP contribution in [0.2, 0.25) is 32.7 Å². The molecule has 0 saturated carbocycles. The van der Waals surface area contributed by atoms with Gasteiger partial charge in [0.2, 0.25) is 0 Å². The van der Waals surface area contributed by atoms with Gasteiger partial charge < -0.3 is 13.0 Å². The summed E-state index contributed by atoms with van der Waals surface area (Å²) in [4.78, 5) is 10.8. The molecular formula is C11H24O3Si3. The third-order valence-corrected chi connectivity index (χ3v) is 10.0. The first-order valence-corrected chi connectivity index (χ1v) is 14.2. The van der Waals surface area contributed by atoms with E-state index >= 15 is 0 Å². The lowest BCUT2D eigenvalue weighted by Gasteiger charge is -2.34. The van der Waals surface area contributed by atoms with Gasteiger partial charge in [0.1, 0.15) is 0 Å². The van der Waals surface area contributed by atoms with Gasteiger partial charge in [-0.1, -0.05) is 18.2 Å². The highest BCUT2D eigenvalue weighted by molar-refractivity contribution is 6.85. The average molecular weight is 289 g/mol. The molecular weight excluding hydrogens is 264 g/mol. The van der Waals surface area contributed by atoms with Gasteiger partial charge in [0, 0.05) is 5.20 Å². The van der Waals surface area contributed by atoms with Crippen molar-refractivity contribution in [2.24, 2.45) is 0 Å². The first-order valence-electron chi connectivity index (χ1n) is 6.20. The van der Waals surface area contributed by atoms with Crippen molar-refractivity contribution in [2.75, 3.05) is 0 Å². The standard InChI is InChI=1S/C11H24O3Si3/c1-15(2)13-17(12,14-16(3,4)5)11-9-7-6-8-10-11/h7,9-10,12,15H,6,8H2,1-5H3. The summed E-state index contributed by atoms with van der Waals surface area (Å²) in [5.41, 5.74) is 0. The van der Waals surface area contributed by atoms with E-state index in [1.165, 1.54) is 0 Å². The maximum atomic E-state index is 10.8. The van der Waals surface area contributed by atoms with Gasteiger partial charge in [0.05, 0.1) is 0 Å². The van der Waals surface area contributed by atoms with Crippen molar-refractivity contribution in [1.82, 2.24) is 0 Å². The molecule has 0 amide bonds. The number of rotatable bonds is 5. The van der Waals surface area contributed by atoms with E-state index in [2.05, 4.69) is 44.9 Å². The summed E-state index contributed by atoms with van der Waals surface area (Å²) in [6.07, 6.45) is 8.15. The number of allylic oxidation sites excluding steroid dienone is 4. The predicted octanol–water partition coefficient (Wildman–Crippen LogP) is 2.58. The minimum absolute atomic E-state index is 0.896. The van der Waals surface area contributed by atoms with Crippen molar-refractivity contribution in [2.45, 2.75) is 45.6 Å². The molecule has 6 heteroatoms. The van der Waals surface area contributed by atoms with Crippen LogP contribution >= 0.6 is 0 Å². The van der Waals surface area contributed by atoms with Gasteiger partial charge in [-0.15, -0.1) is 0 Å². The highest BCUT2D eigenvalue weighted by Gasteiger charge is 2.45. The molecule has 1 N–H and O–H groups in total. The summed E-state index contributed by atoms with van der Waals surface area (Å²) >= 11 is 0. The zero-order valence-electron chi connectivity index (χ0n) is 11.5. The Hall–Kier alpha value is 0.0106. The van der Waals surface area contributed by atoms with Crippen LogP contribution in [0.25, 0.3) is 0 Å². The van der Waals surface area contributed by atoms with Crippen molar-refractivity contribution >= 4 is 26.2 Å². The summed E-state index contributed by atoms with van der Waals surface area (Å²) in [5, 5.41) is 0.896. The fourth-order valence-electron chi connectivity index (χ4n) is 1.73. The van der Waals surface area contributed by atoms with E-state index in [1.807, 2.05) is 6.08 Å². The van der Waals surface area contributed by atoms with Gasteiger partial charge in [0.15, 0.2) is 17.4 Å².